The number of rotatable bonds is 6. The van der Waals surface area contributed by atoms with Crippen molar-refractivity contribution < 1.29 is 5.11 Å². The van der Waals surface area contributed by atoms with Gasteiger partial charge in [0, 0.05) is 18.4 Å². The zero-order chi connectivity index (χ0) is 23.9. The van der Waals surface area contributed by atoms with Crippen molar-refractivity contribution in [2.24, 2.45) is 0 Å². The fraction of sp³-hybridized carbons (Fsp3) is 0.280. The molecule has 0 saturated carbocycles. The molecule has 3 N–H and O–H groups in total. The molecule has 0 saturated heterocycles. The molecule has 4 heterocycles. The largest absolute Gasteiger partial charge is 0.384 e. The highest BCUT2D eigenvalue weighted by molar-refractivity contribution is 5.77. The van der Waals surface area contributed by atoms with E-state index in [4.69, 9.17) is 0 Å². The number of hydrogen-bond acceptors (Lipinski definition) is 7. The molecule has 0 amide bonds. The molecule has 3 aromatic heterocycles. The summed E-state index contributed by atoms with van der Waals surface area (Å²) in [5.41, 5.74) is 3.02. The first-order chi connectivity index (χ1) is 16.3. The molecule has 174 valence electrons. The van der Waals surface area contributed by atoms with Gasteiger partial charge < -0.3 is 15.7 Å². The van der Waals surface area contributed by atoms with Gasteiger partial charge in [0.15, 0.2) is 11.5 Å². The van der Waals surface area contributed by atoms with Gasteiger partial charge in [-0.3, -0.25) is 4.79 Å². The highest BCUT2D eigenvalue weighted by atomic mass is 16.3. The third-order valence-corrected chi connectivity index (χ3v) is 5.90. The van der Waals surface area contributed by atoms with E-state index in [-0.39, 0.29) is 12.1 Å². The van der Waals surface area contributed by atoms with Crippen molar-refractivity contribution in [2.75, 3.05) is 11.9 Å². The molecule has 1 aliphatic rings. The van der Waals surface area contributed by atoms with Crippen LogP contribution in [0.15, 0.2) is 60.0 Å². The van der Waals surface area contributed by atoms with Crippen molar-refractivity contribution in [1.82, 2.24) is 29.6 Å². The summed E-state index contributed by atoms with van der Waals surface area (Å²) in [4.78, 5) is 26.8. The molecule has 9 nitrogen and oxygen atoms in total. The first-order valence-corrected chi connectivity index (χ1v) is 11.2. The Bertz CT molecular complexity index is 1450. The third-order valence-electron chi connectivity index (χ3n) is 5.90. The molecule has 1 aromatic carbocycles. The summed E-state index contributed by atoms with van der Waals surface area (Å²) in [7, 11) is 0. The van der Waals surface area contributed by atoms with Crippen molar-refractivity contribution in [2.45, 2.75) is 39.0 Å². The quantitative estimate of drug-likeness (QED) is 0.382. The lowest BCUT2D eigenvalue weighted by Gasteiger charge is -2.18. The second kappa shape index (κ2) is 8.51. The minimum Gasteiger partial charge on any atom is -0.384 e. The summed E-state index contributed by atoms with van der Waals surface area (Å²) in [5.74, 6) is 0.851. The van der Waals surface area contributed by atoms with Gasteiger partial charge in [-0.05, 0) is 62.2 Å². The molecule has 5 rings (SSSR count). The third kappa shape index (κ3) is 4.00. The van der Waals surface area contributed by atoms with Crippen molar-refractivity contribution in [1.29, 1.82) is 0 Å². The molecule has 0 aliphatic carbocycles. The summed E-state index contributed by atoms with van der Waals surface area (Å²) >= 11 is 0. The first-order valence-electron chi connectivity index (χ1n) is 11.2. The monoisotopic (exact) mass is 457 g/mol. The maximum atomic E-state index is 13.1. The van der Waals surface area contributed by atoms with Gasteiger partial charge in [-0.25, -0.2) is 19.3 Å². The van der Waals surface area contributed by atoms with Crippen LogP contribution in [0.2, 0.25) is 0 Å². The van der Waals surface area contributed by atoms with Gasteiger partial charge in [-0.2, -0.15) is 4.98 Å². The lowest BCUT2D eigenvalue weighted by atomic mass is 10.0. The molecule has 0 spiro atoms. The lowest BCUT2D eigenvalue weighted by molar-refractivity contribution is 0.0738. The molecular formula is C25H27N7O2. The van der Waals surface area contributed by atoms with E-state index in [1.807, 2.05) is 6.07 Å². The minimum atomic E-state index is -1.13. The number of nitrogens with zero attached hydrogens (tertiary/aromatic N) is 5. The van der Waals surface area contributed by atoms with E-state index in [0.29, 0.717) is 28.5 Å². The highest BCUT2D eigenvalue weighted by Crippen LogP contribution is 2.23. The average molecular weight is 458 g/mol. The van der Waals surface area contributed by atoms with E-state index in [1.54, 1.807) is 42.8 Å². The summed E-state index contributed by atoms with van der Waals surface area (Å²) in [5, 5.41) is 17.5. The lowest BCUT2D eigenvalue weighted by Crippen LogP contribution is -2.23. The van der Waals surface area contributed by atoms with Crippen LogP contribution in [-0.2, 0) is 25.1 Å². The molecule has 0 unspecified atom stereocenters. The predicted octanol–water partition coefficient (Wildman–Crippen LogP) is 2.78. The Balaban J connectivity index is 1.62. The Kier molecular flexibility index (Phi) is 5.51. The summed E-state index contributed by atoms with van der Waals surface area (Å²) in [6.07, 6.45) is 4.15. The fourth-order valence-electron chi connectivity index (χ4n) is 4.17. The Hall–Kier alpha value is -3.82. The smallest absolute Gasteiger partial charge is 0.278 e. The van der Waals surface area contributed by atoms with E-state index in [0.717, 1.165) is 25.2 Å². The second-order valence-corrected chi connectivity index (χ2v) is 8.89. The topological polar surface area (TPSA) is 110 Å². The van der Waals surface area contributed by atoms with Crippen LogP contribution >= 0.6 is 0 Å². The minimum absolute atomic E-state index is 0.238. The van der Waals surface area contributed by atoms with Crippen LogP contribution < -0.4 is 16.2 Å². The van der Waals surface area contributed by atoms with Crippen LogP contribution in [0.1, 0.15) is 30.7 Å². The SMILES string of the molecule is C=CCn1c(=O)c2cnc(Nc3ccc4c(c3)CCNC4)nc2n1-c1cccc(C(C)(C)O)n1. The fourth-order valence-corrected chi connectivity index (χ4v) is 4.17. The summed E-state index contributed by atoms with van der Waals surface area (Å²) < 4.78 is 3.17. The first kappa shape index (κ1) is 22.0. The maximum absolute atomic E-state index is 13.1. The van der Waals surface area contributed by atoms with Crippen LogP contribution in [-0.4, -0.2) is 36.0 Å². The number of allylic oxidation sites excluding steroid dienone is 1. The van der Waals surface area contributed by atoms with Gasteiger partial charge in [0.25, 0.3) is 5.56 Å². The van der Waals surface area contributed by atoms with E-state index in [9.17, 15) is 9.90 Å². The number of benzene rings is 1. The van der Waals surface area contributed by atoms with E-state index >= 15 is 0 Å². The molecule has 34 heavy (non-hydrogen) atoms. The number of nitrogens with one attached hydrogen (secondary N) is 2. The molecule has 0 atom stereocenters. The highest BCUT2D eigenvalue weighted by Gasteiger charge is 2.22. The Morgan fingerprint density at radius 3 is 2.88 bits per heavy atom. The standard InChI is InChI=1S/C25H27N7O2/c1-4-12-31-23(33)19-15-27-24(28-18-9-8-17-14-26-11-10-16(17)13-18)30-22(19)32(31)21-7-5-6-20(29-21)25(2,3)34/h4-9,13,15,26,34H,1,10-12,14H2,2-3H3,(H,27,28,30). The van der Waals surface area contributed by atoms with Crippen LogP contribution in [0.4, 0.5) is 11.6 Å². The van der Waals surface area contributed by atoms with Crippen molar-refractivity contribution in [3.05, 3.63) is 82.4 Å². The molecule has 0 radical (unpaired) electrons. The number of hydrogen-bond donors (Lipinski definition) is 3. The van der Waals surface area contributed by atoms with Crippen LogP contribution in [0, 0.1) is 0 Å². The van der Waals surface area contributed by atoms with Gasteiger partial charge in [-0.1, -0.05) is 18.2 Å². The Morgan fingerprint density at radius 2 is 2.09 bits per heavy atom. The van der Waals surface area contributed by atoms with Crippen molar-refractivity contribution in [3.8, 4) is 5.82 Å². The number of aliphatic hydroxyl groups is 1. The molecule has 1 aliphatic heterocycles. The Labute approximate surface area is 196 Å². The summed E-state index contributed by atoms with van der Waals surface area (Å²) in [6, 6.07) is 11.5. The average Bonchev–Trinajstić information content (AvgIpc) is 3.10. The van der Waals surface area contributed by atoms with Gasteiger partial charge in [0.05, 0.1) is 12.2 Å². The zero-order valence-electron chi connectivity index (χ0n) is 19.2. The van der Waals surface area contributed by atoms with Gasteiger partial charge in [-0.15, -0.1) is 6.58 Å². The number of fused-ring (bicyclic) bond motifs is 2. The Morgan fingerprint density at radius 1 is 1.24 bits per heavy atom. The van der Waals surface area contributed by atoms with Gasteiger partial charge in [0.2, 0.25) is 5.95 Å². The van der Waals surface area contributed by atoms with Crippen LogP contribution in [0.5, 0.6) is 0 Å². The molecular weight excluding hydrogens is 430 g/mol. The number of anilines is 2. The maximum Gasteiger partial charge on any atom is 0.278 e. The second-order valence-electron chi connectivity index (χ2n) is 8.89. The predicted molar refractivity (Wildman–Crippen MR) is 131 cm³/mol. The van der Waals surface area contributed by atoms with Crippen LogP contribution in [0.25, 0.3) is 16.9 Å². The number of aromatic nitrogens is 5. The van der Waals surface area contributed by atoms with Crippen molar-refractivity contribution in [3.63, 3.8) is 0 Å². The molecule has 4 aromatic rings. The van der Waals surface area contributed by atoms with Crippen LogP contribution in [0.3, 0.4) is 0 Å². The molecule has 0 bridgehead atoms. The molecule has 0 fully saturated rings. The van der Waals surface area contributed by atoms with Gasteiger partial charge in [0.1, 0.15) is 11.0 Å². The van der Waals surface area contributed by atoms with E-state index in [2.05, 4.69) is 44.3 Å². The zero-order valence-corrected chi connectivity index (χ0v) is 19.2. The number of pyridine rings is 1. The van der Waals surface area contributed by atoms with Gasteiger partial charge >= 0.3 is 0 Å². The van der Waals surface area contributed by atoms with E-state index in [1.165, 1.54) is 22.0 Å². The van der Waals surface area contributed by atoms with Crippen molar-refractivity contribution >= 4 is 22.7 Å². The van der Waals surface area contributed by atoms with E-state index < -0.39 is 5.60 Å². The normalized spacial score (nSPS) is 13.6. The summed E-state index contributed by atoms with van der Waals surface area (Å²) in [6.45, 7) is 9.22. The molecule has 9 heteroatoms.